The predicted molar refractivity (Wildman–Crippen MR) is 202 cm³/mol. The SMILES string of the molecule is C=CS(=O)(=O)CCNc1nc(NCCOS(=O)(=O)O)c(N=Nc2ccc(-n3nc4ccc5c(S(=O)(=O)O)cc(S(=O)(=O)O)cc5c4n3)cc2S(=O)(=O)O)c(C)c1N. The molecule has 3 aromatic carbocycles. The van der Waals surface area contributed by atoms with Gasteiger partial charge in [0.05, 0.1) is 28.6 Å². The lowest BCUT2D eigenvalue weighted by atomic mass is 10.1. The van der Waals surface area contributed by atoms with Gasteiger partial charge in [0.15, 0.2) is 21.5 Å². The van der Waals surface area contributed by atoms with Crippen LogP contribution in [0.15, 0.2) is 79.4 Å². The van der Waals surface area contributed by atoms with E-state index in [1.807, 2.05) is 0 Å². The molecule has 0 spiro atoms. The van der Waals surface area contributed by atoms with Crippen molar-refractivity contribution in [2.24, 2.45) is 10.2 Å². The van der Waals surface area contributed by atoms with Crippen LogP contribution < -0.4 is 16.4 Å². The lowest BCUT2D eigenvalue weighted by Gasteiger charge is -2.16. The first kappa shape index (κ1) is 42.9. The monoisotopic (exact) mass is 891 g/mol. The number of benzene rings is 3. The van der Waals surface area contributed by atoms with Crippen LogP contribution in [0, 0.1) is 6.92 Å². The van der Waals surface area contributed by atoms with Crippen LogP contribution >= 0.6 is 0 Å². The molecule has 2 heterocycles. The minimum absolute atomic E-state index is 0.0105. The van der Waals surface area contributed by atoms with E-state index in [0.717, 1.165) is 28.4 Å². The maximum absolute atomic E-state index is 12.6. The van der Waals surface area contributed by atoms with Gasteiger partial charge in [-0.15, -0.1) is 20.4 Å². The zero-order chi connectivity index (χ0) is 42.3. The summed E-state index contributed by atoms with van der Waals surface area (Å²) in [6.45, 7) is 3.58. The number of sulfone groups is 1. The molecule has 0 saturated carbocycles. The Morgan fingerprint density at radius 3 is 2.09 bits per heavy atom. The first-order valence-electron chi connectivity index (χ1n) is 15.4. The van der Waals surface area contributed by atoms with Crippen molar-refractivity contribution < 1.29 is 64.5 Å². The Labute approximate surface area is 323 Å². The highest BCUT2D eigenvalue weighted by Crippen LogP contribution is 2.38. The Morgan fingerprint density at radius 2 is 1.47 bits per heavy atom. The van der Waals surface area contributed by atoms with Crippen LogP contribution in [-0.4, -0.2) is 106 Å². The van der Waals surface area contributed by atoms with E-state index < -0.39 is 77.6 Å². The highest BCUT2D eigenvalue weighted by Gasteiger charge is 2.24. The van der Waals surface area contributed by atoms with Crippen molar-refractivity contribution in [1.82, 2.24) is 20.0 Å². The Morgan fingerprint density at radius 1 is 0.807 bits per heavy atom. The van der Waals surface area contributed by atoms with E-state index in [-0.39, 0.29) is 74.9 Å². The molecule has 5 aromatic rings. The van der Waals surface area contributed by atoms with E-state index in [1.165, 1.54) is 25.1 Å². The predicted octanol–water partition coefficient (Wildman–Crippen LogP) is 2.22. The molecule has 0 saturated heterocycles. The minimum atomic E-state index is -5.10. The average molecular weight is 892 g/mol. The second kappa shape index (κ2) is 15.6. The summed E-state index contributed by atoms with van der Waals surface area (Å²) in [5, 5.41) is 22.3. The molecule has 306 valence electrons. The van der Waals surface area contributed by atoms with Crippen molar-refractivity contribution in [2.45, 2.75) is 21.6 Å². The zero-order valence-electron chi connectivity index (χ0n) is 28.7. The quantitative estimate of drug-likeness (QED) is 0.0424. The van der Waals surface area contributed by atoms with Crippen LogP contribution in [0.2, 0.25) is 0 Å². The van der Waals surface area contributed by atoms with Crippen molar-refractivity contribution in [2.75, 3.05) is 41.8 Å². The zero-order valence-corrected chi connectivity index (χ0v) is 32.8. The molecule has 2 aromatic heterocycles. The van der Waals surface area contributed by atoms with E-state index in [1.54, 1.807) is 0 Å². The molecule has 0 bridgehead atoms. The molecule has 0 aliphatic rings. The van der Waals surface area contributed by atoms with Gasteiger partial charge in [-0.05, 0) is 43.3 Å². The molecule has 57 heavy (non-hydrogen) atoms. The summed E-state index contributed by atoms with van der Waals surface area (Å²) in [4.78, 5) is 2.51. The van der Waals surface area contributed by atoms with Crippen LogP contribution in [0.1, 0.15) is 5.56 Å². The van der Waals surface area contributed by atoms with Gasteiger partial charge in [0.2, 0.25) is 0 Å². The van der Waals surface area contributed by atoms with Gasteiger partial charge >= 0.3 is 10.4 Å². The number of nitrogens with zero attached hydrogens (tertiary/aromatic N) is 6. The van der Waals surface area contributed by atoms with Gasteiger partial charge in [-0.25, -0.2) is 17.6 Å². The molecule has 0 fully saturated rings. The number of nitrogen functional groups attached to an aromatic ring is 1. The second-order valence-corrected chi connectivity index (χ2v) is 18.9. The first-order chi connectivity index (χ1) is 26.3. The Bertz CT molecular complexity index is 3060. The summed E-state index contributed by atoms with van der Waals surface area (Å²) in [7, 11) is -23.6. The number of nitrogens with one attached hydrogen (secondary N) is 2. The van der Waals surface area contributed by atoms with Gasteiger partial charge < -0.3 is 16.4 Å². The molecule has 0 atom stereocenters. The molecule has 5 rings (SSSR count). The molecule has 0 radical (unpaired) electrons. The summed E-state index contributed by atoms with van der Waals surface area (Å²) in [6.07, 6.45) is 0. The van der Waals surface area contributed by atoms with Crippen LogP contribution in [-0.2, 0) is 54.8 Å². The van der Waals surface area contributed by atoms with E-state index in [0.29, 0.717) is 6.07 Å². The number of nitrogens with two attached hydrogens (primary N) is 1. The normalized spacial score (nSPS) is 13.1. The average Bonchev–Trinajstić information content (AvgIpc) is 3.55. The third-order valence-corrected chi connectivity index (χ3v) is 12.1. The number of pyridine rings is 1. The molecule has 0 aliphatic carbocycles. The van der Waals surface area contributed by atoms with Crippen LogP contribution in [0.3, 0.4) is 0 Å². The Kier molecular flexibility index (Phi) is 11.7. The minimum Gasteiger partial charge on any atom is -0.395 e. The van der Waals surface area contributed by atoms with Gasteiger partial charge in [0.25, 0.3) is 30.4 Å². The molecule has 29 heteroatoms. The van der Waals surface area contributed by atoms with Crippen molar-refractivity contribution in [3.63, 3.8) is 0 Å². The van der Waals surface area contributed by atoms with Crippen molar-refractivity contribution >= 4 is 101 Å². The Hall–Kier alpha value is -5.24. The maximum Gasteiger partial charge on any atom is 0.397 e. The fourth-order valence-corrected chi connectivity index (χ4v) is 7.88. The van der Waals surface area contributed by atoms with Crippen molar-refractivity contribution in [1.29, 1.82) is 0 Å². The number of rotatable bonds is 16. The number of fused-ring (bicyclic) bond motifs is 3. The fraction of sp³-hybridized carbons (Fsp3) is 0.179. The molecule has 0 aliphatic heterocycles. The third kappa shape index (κ3) is 10.0. The fourth-order valence-electron chi connectivity index (χ4n) is 5.05. The number of hydrogen-bond donors (Lipinski definition) is 7. The molecule has 24 nitrogen and oxygen atoms in total. The molecule has 8 N–H and O–H groups in total. The number of hydrogen-bond acceptors (Lipinski definition) is 19. The molecular weight excluding hydrogens is 863 g/mol. The van der Waals surface area contributed by atoms with Gasteiger partial charge in [-0.2, -0.15) is 38.5 Å². The summed E-state index contributed by atoms with van der Waals surface area (Å²) in [6, 6.07) is 7.07. The molecular formula is C28H29N9O15S5. The van der Waals surface area contributed by atoms with Crippen LogP contribution in [0.25, 0.3) is 27.5 Å². The van der Waals surface area contributed by atoms with Gasteiger partial charge in [0, 0.05) is 34.8 Å². The summed E-state index contributed by atoms with van der Waals surface area (Å²) < 4.78 is 162. The maximum atomic E-state index is 12.6. The van der Waals surface area contributed by atoms with Gasteiger partial charge in [0.1, 0.15) is 32.2 Å². The number of aromatic nitrogens is 4. The Balaban J connectivity index is 1.58. The summed E-state index contributed by atoms with van der Waals surface area (Å²) in [5.41, 5.74) is 5.44. The van der Waals surface area contributed by atoms with Gasteiger partial charge in [-0.1, -0.05) is 12.6 Å². The van der Waals surface area contributed by atoms with E-state index >= 15 is 0 Å². The lowest BCUT2D eigenvalue weighted by Crippen LogP contribution is -2.17. The van der Waals surface area contributed by atoms with Gasteiger partial charge in [-0.3, -0.25) is 18.2 Å². The van der Waals surface area contributed by atoms with E-state index in [4.69, 9.17) is 10.3 Å². The molecule has 0 unspecified atom stereocenters. The molecule has 0 amide bonds. The van der Waals surface area contributed by atoms with Crippen molar-refractivity contribution in [3.05, 3.63) is 60.0 Å². The largest absolute Gasteiger partial charge is 0.397 e. The number of anilines is 3. The number of azo groups is 1. The topological polar surface area (TPSA) is 379 Å². The van der Waals surface area contributed by atoms with Crippen molar-refractivity contribution in [3.8, 4) is 5.69 Å². The first-order valence-corrected chi connectivity index (χ1v) is 22.8. The highest BCUT2D eigenvalue weighted by atomic mass is 32.3. The summed E-state index contributed by atoms with van der Waals surface area (Å²) >= 11 is 0. The summed E-state index contributed by atoms with van der Waals surface area (Å²) in [5.74, 6) is -0.582. The highest BCUT2D eigenvalue weighted by molar-refractivity contribution is 7.94. The smallest absolute Gasteiger partial charge is 0.395 e. The third-order valence-electron chi connectivity index (χ3n) is 7.73. The standard InChI is InChI=1S/C28H29N9O15S5/c1-3-53(38,39)11-9-31-27-24(29)15(2)25(28(32-27)30-8-10-52-57(49,50)51)34-33-20-6-4-16(12-23(20)56(46,47)48)37-35-21-7-5-18-19(26(21)36-37)13-17(54(40,41)42)14-22(18)55(43,44)45/h3-7,12-14H,1,8-11,29H2,2H3,(H2,30,31,32)(H,40,41,42)(H,43,44,45)(H,46,47,48)(H,49,50,51). The van der Waals surface area contributed by atoms with Crippen LogP contribution in [0.5, 0.6) is 0 Å². The van der Waals surface area contributed by atoms with E-state index in [2.05, 4.69) is 46.8 Å². The van der Waals surface area contributed by atoms with E-state index in [9.17, 15) is 55.7 Å². The lowest BCUT2D eigenvalue weighted by molar-refractivity contribution is 0.278. The second-order valence-electron chi connectivity index (χ2n) is 11.5. The van der Waals surface area contributed by atoms with Crippen LogP contribution in [0.4, 0.5) is 28.7 Å².